The molecule has 0 saturated heterocycles. The summed E-state index contributed by atoms with van der Waals surface area (Å²) >= 11 is 0. The Balaban J connectivity index is 0. The number of aliphatic carboxylic acids is 2. The van der Waals surface area contributed by atoms with E-state index >= 15 is 0 Å². The molecule has 0 atom stereocenters. The van der Waals surface area contributed by atoms with Crippen LogP contribution in [0.1, 0.15) is 19.3 Å². The molecule has 0 fully saturated rings. The zero-order chi connectivity index (χ0) is 8.85. The van der Waals surface area contributed by atoms with Crippen molar-refractivity contribution < 1.29 is 24.6 Å². The first-order chi connectivity index (χ1) is 5.02. The van der Waals surface area contributed by atoms with Gasteiger partial charge >= 0.3 is 49.7 Å². The number of rotatable bonds is 5. The van der Waals surface area contributed by atoms with E-state index in [1.807, 2.05) is 0 Å². The van der Waals surface area contributed by atoms with Crippen molar-refractivity contribution in [3.8, 4) is 0 Å². The van der Waals surface area contributed by atoms with Gasteiger partial charge in [-0.05, 0) is 0 Å². The van der Waals surface area contributed by atoms with E-state index in [4.69, 9.17) is 10.2 Å². The van der Waals surface area contributed by atoms with Crippen molar-refractivity contribution >= 4 is 55.5 Å². The summed E-state index contributed by atoms with van der Waals surface area (Å²) in [6.07, 6.45) is -1.10. The predicted octanol–water partition coefficient (Wildman–Crippen LogP) is -1.02. The Kier molecular flexibility index (Phi) is 9.02. The van der Waals surface area contributed by atoms with Crippen molar-refractivity contribution in [2.45, 2.75) is 19.3 Å². The monoisotopic (exact) mass is 202 g/mol. The molecule has 5 nitrogen and oxygen atoms in total. The van der Waals surface area contributed by atoms with Crippen LogP contribution in [0, 0.1) is 0 Å². The predicted molar refractivity (Wildman–Crippen MR) is 42.7 cm³/mol. The molecule has 0 aromatic carbocycles. The first-order valence-corrected chi connectivity index (χ1v) is 2.97. The molecule has 66 valence electrons. The molecule has 0 spiro atoms. The van der Waals surface area contributed by atoms with Crippen molar-refractivity contribution in [2.24, 2.45) is 0 Å². The average Bonchev–Trinajstić information content (AvgIpc) is 1.82. The number of carbonyl (C=O) groups excluding carboxylic acids is 1. The van der Waals surface area contributed by atoms with Crippen molar-refractivity contribution in [2.75, 3.05) is 0 Å². The summed E-state index contributed by atoms with van der Waals surface area (Å²) in [6, 6.07) is 0. The summed E-state index contributed by atoms with van der Waals surface area (Å²) in [5.74, 6) is -2.87. The van der Waals surface area contributed by atoms with E-state index in [1.54, 1.807) is 0 Å². The summed E-state index contributed by atoms with van der Waals surface area (Å²) in [4.78, 5) is 30.3. The summed E-state index contributed by atoms with van der Waals surface area (Å²) in [5.41, 5.74) is 0. The number of carboxylic acids is 2. The second-order valence-electron chi connectivity index (χ2n) is 2.00. The van der Waals surface area contributed by atoms with Crippen LogP contribution in [-0.4, -0.2) is 65.7 Å². The van der Waals surface area contributed by atoms with Gasteiger partial charge in [0.25, 0.3) is 0 Å². The summed E-state index contributed by atoms with van der Waals surface area (Å²) in [6.45, 7) is 0. The molecule has 0 aliphatic carbocycles. The Hall–Kier alpha value is -0.130. The van der Waals surface area contributed by atoms with Gasteiger partial charge in [0, 0.05) is 6.42 Å². The molecule has 12 heavy (non-hydrogen) atoms. The molecular weight excluding hydrogens is 192 g/mol. The molecule has 0 aromatic heterocycles. The zero-order valence-electron chi connectivity index (χ0n) is 5.74. The van der Waals surface area contributed by atoms with Crippen molar-refractivity contribution in [3.05, 3.63) is 0 Å². The molecule has 0 aromatic rings. The number of carboxylic acid groups (broad SMARTS) is 2. The molecule has 0 radical (unpaired) electrons. The third-order valence-electron chi connectivity index (χ3n) is 0.966. The van der Waals surface area contributed by atoms with Crippen LogP contribution in [0.5, 0.6) is 0 Å². The van der Waals surface area contributed by atoms with Gasteiger partial charge in [-0.2, -0.15) is 0 Å². The number of carbonyl (C=O) groups is 3. The maximum atomic E-state index is 10.5. The molecule has 0 unspecified atom stereocenters. The minimum atomic E-state index is -1.22. The molecule has 0 rings (SSSR count). The fourth-order valence-corrected chi connectivity index (χ4v) is 0.503. The van der Waals surface area contributed by atoms with Crippen LogP contribution in [0.25, 0.3) is 0 Å². The fourth-order valence-electron chi connectivity index (χ4n) is 0.503. The van der Waals surface area contributed by atoms with Gasteiger partial charge in [0.1, 0.15) is 12.2 Å². The van der Waals surface area contributed by atoms with Crippen LogP contribution >= 0.6 is 0 Å². The van der Waals surface area contributed by atoms with Crippen LogP contribution in [-0.2, 0) is 14.4 Å². The summed E-state index contributed by atoms with van der Waals surface area (Å²) < 4.78 is 0. The molecule has 0 heterocycles. The first kappa shape index (κ1) is 14.4. The molecule has 0 aliphatic heterocycles. The Morgan fingerprint density at radius 1 is 0.917 bits per heavy atom. The van der Waals surface area contributed by atoms with Gasteiger partial charge in [0.2, 0.25) is 0 Å². The molecule has 0 bridgehead atoms. The van der Waals surface area contributed by atoms with Crippen molar-refractivity contribution in [1.29, 1.82) is 0 Å². The van der Waals surface area contributed by atoms with Gasteiger partial charge in [-0.1, -0.05) is 0 Å². The number of hydrogen-bond donors (Lipinski definition) is 2. The number of Topliss-reactive ketones (excluding diaryl/α,β-unsaturated/α-hetero) is 1. The van der Waals surface area contributed by atoms with Crippen molar-refractivity contribution in [1.82, 2.24) is 0 Å². The summed E-state index contributed by atoms with van der Waals surface area (Å²) in [5, 5.41) is 16.2. The molecule has 0 aliphatic rings. The van der Waals surface area contributed by atoms with E-state index in [9.17, 15) is 14.4 Å². The van der Waals surface area contributed by atoms with E-state index in [0.717, 1.165) is 0 Å². The van der Waals surface area contributed by atoms with Crippen LogP contribution < -0.4 is 0 Å². The van der Waals surface area contributed by atoms with E-state index in [0.29, 0.717) is 0 Å². The SMILES string of the molecule is O=C(O)CCC(=O)CC(=O)O.[CaH2]. The second kappa shape index (κ2) is 7.52. The maximum absolute atomic E-state index is 10.5. The van der Waals surface area contributed by atoms with Gasteiger partial charge in [-0.15, -0.1) is 0 Å². The third-order valence-corrected chi connectivity index (χ3v) is 0.966. The Morgan fingerprint density at radius 3 is 1.75 bits per heavy atom. The normalized spacial score (nSPS) is 8.33. The third kappa shape index (κ3) is 9.87. The van der Waals surface area contributed by atoms with Gasteiger partial charge < -0.3 is 10.2 Å². The van der Waals surface area contributed by atoms with Gasteiger partial charge in [-0.3, -0.25) is 14.4 Å². The van der Waals surface area contributed by atoms with E-state index in [-0.39, 0.29) is 50.6 Å². The Morgan fingerprint density at radius 2 is 1.42 bits per heavy atom. The van der Waals surface area contributed by atoms with Crippen LogP contribution in [0.3, 0.4) is 0 Å². The number of ketones is 1. The van der Waals surface area contributed by atoms with E-state index in [1.165, 1.54) is 0 Å². The van der Waals surface area contributed by atoms with Crippen LogP contribution in [0.2, 0.25) is 0 Å². The molecule has 6 heteroatoms. The minimum absolute atomic E-state index is 0. The zero-order valence-corrected chi connectivity index (χ0v) is 5.74. The topological polar surface area (TPSA) is 91.7 Å². The Bertz CT molecular complexity index is 188. The van der Waals surface area contributed by atoms with Gasteiger partial charge in [0.15, 0.2) is 0 Å². The van der Waals surface area contributed by atoms with Crippen LogP contribution in [0.15, 0.2) is 0 Å². The Labute approximate surface area is 98.8 Å². The van der Waals surface area contributed by atoms with Gasteiger partial charge in [0.05, 0.1) is 6.42 Å². The quantitative estimate of drug-likeness (QED) is 0.439. The molecular formula is C6H10CaO5. The van der Waals surface area contributed by atoms with Crippen molar-refractivity contribution in [3.63, 3.8) is 0 Å². The molecule has 2 N–H and O–H groups in total. The van der Waals surface area contributed by atoms with Crippen LogP contribution in [0.4, 0.5) is 0 Å². The standard InChI is InChI=1S/C6H8O5.Ca.2H/c7-4(3-6(10)11)1-2-5(8)9;;;/h1-3H2,(H,8,9)(H,10,11);;;. The summed E-state index contributed by atoms with van der Waals surface area (Å²) in [7, 11) is 0. The molecule has 0 saturated carbocycles. The van der Waals surface area contributed by atoms with Gasteiger partial charge in [-0.25, -0.2) is 0 Å². The number of hydrogen-bond acceptors (Lipinski definition) is 3. The average molecular weight is 202 g/mol. The second-order valence-corrected chi connectivity index (χ2v) is 2.00. The van der Waals surface area contributed by atoms with E-state index in [2.05, 4.69) is 0 Å². The first-order valence-electron chi connectivity index (χ1n) is 2.97. The van der Waals surface area contributed by atoms with E-state index < -0.39 is 24.1 Å². The fraction of sp³-hybridized carbons (Fsp3) is 0.500. The molecule has 0 amide bonds.